The summed E-state index contributed by atoms with van der Waals surface area (Å²) in [5.74, 6) is 0.266. The minimum Gasteiger partial charge on any atom is -0.337 e. The number of piperidine rings is 1. The molecule has 1 amide bonds. The highest BCUT2D eigenvalue weighted by molar-refractivity contribution is 7.91. The van der Waals surface area contributed by atoms with E-state index in [4.69, 9.17) is 9.97 Å². The van der Waals surface area contributed by atoms with E-state index in [0.29, 0.717) is 34.5 Å². The summed E-state index contributed by atoms with van der Waals surface area (Å²) in [6.45, 7) is 3.67. The highest BCUT2D eigenvalue weighted by Gasteiger charge is 2.33. The number of fused-ring (bicyclic) bond motifs is 1. The normalized spacial score (nSPS) is 21.0. The predicted octanol–water partition coefficient (Wildman–Crippen LogP) is 3.07. The van der Waals surface area contributed by atoms with E-state index in [-0.39, 0.29) is 41.0 Å². The lowest BCUT2D eigenvalue weighted by Gasteiger charge is -2.35. The number of pyridine rings is 1. The van der Waals surface area contributed by atoms with Crippen molar-refractivity contribution >= 4 is 26.8 Å². The van der Waals surface area contributed by atoms with Gasteiger partial charge in [0.1, 0.15) is 17.2 Å². The molecular formula is C25H30FN5O3S. The van der Waals surface area contributed by atoms with E-state index in [1.54, 1.807) is 17.0 Å². The molecule has 2 fully saturated rings. The predicted molar refractivity (Wildman–Crippen MR) is 133 cm³/mol. The van der Waals surface area contributed by atoms with Crippen LogP contribution in [0, 0.1) is 12.7 Å². The lowest BCUT2D eigenvalue weighted by Crippen LogP contribution is -2.44. The van der Waals surface area contributed by atoms with Crippen LogP contribution in [0.1, 0.15) is 41.6 Å². The number of likely N-dealkylation sites (tertiary alicyclic amines) is 1. The molecule has 0 aliphatic carbocycles. The van der Waals surface area contributed by atoms with Crippen molar-refractivity contribution in [2.45, 2.75) is 38.3 Å². The molecule has 2 saturated heterocycles. The standard InChI is InChI=1S/C25H30FN5O3S/c1-16-27-23-22(31(16)20-10-13-35(33,34)15-20)14-21(17-4-6-18(26)7-5-17)28-24(23)25(32)30(3)19-8-11-29(2)12-9-19/h4-7,14,19-20H,8-13,15H2,1-3H3. The van der Waals surface area contributed by atoms with Crippen molar-refractivity contribution < 1.29 is 17.6 Å². The van der Waals surface area contributed by atoms with Gasteiger partial charge in [0, 0.05) is 18.7 Å². The molecule has 0 saturated carbocycles. The summed E-state index contributed by atoms with van der Waals surface area (Å²) in [5, 5.41) is 0. The average molecular weight is 500 g/mol. The molecule has 0 bridgehead atoms. The van der Waals surface area contributed by atoms with Crippen LogP contribution in [-0.2, 0) is 9.84 Å². The second-order valence-electron chi connectivity index (χ2n) is 9.77. The van der Waals surface area contributed by atoms with Crippen LogP contribution in [0.4, 0.5) is 4.39 Å². The maximum atomic E-state index is 13.8. The van der Waals surface area contributed by atoms with E-state index in [1.807, 2.05) is 24.6 Å². The SMILES string of the molecule is Cc1nc2c(C(=O)N(C)C3CCN(C)CC3)nc(-c3ccc(F)cc3)cc2n1C1CCS(=O)(=O)C1. The van der Waals surface area contributed by atoms with Crippen molar-refractivity contribution in [1.29, 1.82) is 0 Å². The van der Waals surface area contributed by atoms with E-state index >= 15 is 0 Å². The summed E-state index contributed by atoms with van der Waals surface area (Å²) < 4.78 is 40.0. The molecule has 0 N–H and O–H groups in total. The summed E-state index contributed by atoms with van der Waals surface area (Å²) in [7, 11) is 0.769. The Morgan fingerprint density at radius 2 is 1.80 bits per heavy atom. The monoisotopic (exact) mass is 499 g/mol. The van der Waals surface area contributed by atoms with Crippen LogP contribution in [0.25, 0.3) is 22.3 Å². The number of benzene rings is 1. The molecule has 1 aromatic carbocycles. The van der Waals surface area contributed by atoms with Crippen molar-refractivity contribution in [2.75, 3.05) is 38.7 Å². The van der Waals surface area contributed by atoms with Gasteiger partial charge in [0.15, 0.2) is 15.5 Å². The molecule has 10 heteroatoms. The molecule has 4 heterocycles. The molecule has 0 radical (unpaired) electrons. The zero-order chi connectivity index (χ0) is 24.9. The van der Waals surface area contributed by atoms with Gasteiger partial charge in [0.05, 0.1) is 28.8 Å². The van der Waals surface area contributed by atoms with E-state index in [1.165, 1.54) is 12.1 Å². The average Bonchev–Trinajstić information content (AvgIpc) is 3.35. The minimum atomic E-state index is -3.12. The molecule has 2 aromatic heterocycles. The molecule has 1 unspecified atom stereocenters. The van der Waals surface area contributed by atoms with Gasteiger partial charge in [-0.3, -0.25) is 4.79 Å². The Bertz CT molecular complexity index is 1380. The Morgan fingerprint density at radius 3 is 2.43 bits per heavy atom. The van der Waals surface area contributed by atoms with E-state index in [0.717, 1.165) is 25.9 Å². The number of carbonyl (C=O) groups excluding carboxylic acids is 1. The molecule has 1 atom stereocenters. The fraction of sp³-hybridized carbons (Fsp3) is 0.480. The highest BCUT2D eigenvalue weighted by atomic mass is 32.2. The van der Waals surface area contributed by atoms with Crippen molar-refractivity contribution in [3.63, 3.8) is 0 Å². The van der Waals surface area contributed by atoms with Crippen molar-refractivity contribution in [1.82, 2.24) is 24.3 Å². The summed E-state index contributed by atoms with van der Waals surface area (Å²) >= 11 is 0. The Labute approximate surface area is 204 Å². The first kappa shape index (κ1) is 23.9. The van der Waals surface area contributed by atoms with Crippen LogP contribution in [0.2, 0.25) is 0 Å². The van der Waals surface area contributed by atoms with E-state index in [2.05, 4.69) is 11.9 Å². The molecule has 2 aliphatic heterocycles. The molecule has 35 heavy (non-hydrogen) atoms. The van der Waals surface area contributed by atoms with Gasteiger partial charge < -0.3 is 14.4 Å². The van der Waals surface area contributed by atoms with Crippen LogP contribution in [-0.4, -0.2) is 83.4 Å². The number of imidazole rings is 1. The van der Waals surface area contributed by atoms with E-state index in [9.17, 15) is 17.6 Å². The molecule has 8 nitrogen and oxygen atoms in total. The summed E-state index contributed by atoms with van der Waals surface area (Å²) in [5.41, 5.74) is 2.60. The van der Waals surface area contributed by atoms with E-state index < -0.39 is 9.84 Å². The lowest BCUT2D eigenvalue weighted by atomic mass is 10.0. The second-order valence-corrected chi connectivity index (χ2v) is 12.0. The minimum absolute atomic E-state index is 0.0479. The number of nitrogens with zero attached hydrogens (tertiary/aromatic N) is 5. The van der Waals surface area contributed by atoms with Crippen LogP contribution in [0.3, 0.4) is 0 Å². The number of rotatable bonds is 4. The smallest absolute Gasteiger partial charge is 0.274 e. The maximum absolute atomic E-state index is 13.8. The number of amides is 1. The topological polar surface area (TPSA) is 88.4 Å². The van der Waals surface area contributed by atoms with Gasteiger partial charge in [-0.2, -0.15) is 0 Å². The quantitative estimate of drug-likeness (QED) is 0.548. The highest BCUT2D eigenvalue weighted by Crippen LogP contribution is 2.33. The van der Waals surface area contributed by atoms with Crippen molar-refractivity contribution in [2.24, 2.45) is 0 Å². The second kappa shape index (κ2) is 8.98. The van der Waals surface area contributed by atoms with Crippen LogP contribution >= 0.6 is 0 Å². The number of hydrogen-bond donors (Lipinski definition) is 0. The summed E-state index contributed by atoms with van der Waals surface area (Å²) in [4.78, 5) is 27.2. The first-order valence-electron chi connectivity index (χ1n) is 11.9. The largest absolute Gasteiger partial charge is 0.337 e. The molecule has 3 aromatic rings. The van der Waals surface area contributed by atoms with Crippen LogP contribution in [0.15, 0.2) is 30.3 Å². The number of hydrogen-bond acceptors (Lipinski definition) is 6. The third-order valence-electron chi connectivity index (χ3n) is 7.33. The van der Waals surface area contributed by atoms with Gasteiger partial charge in [-0.25, -0.2) is 22.8 Å². The number of carbonyl (C=O) groups is 1. The van der Waals surface area contributed by atoms with Crippen LogP contribution < -0.4 is 0 Å². The zero-order valence-electron chi connectivity index (χ0n) is 20.2. The first-order chi connectivity index (χ1) is 16.6. The number of aryl methyl sites for hydroxylation is 1. The van der Waals surface area contributed by atoms with Gasteiger partial charge in [-0.15, -0.1) is 0 Å². The lowest BCUT2D eigenvalue weighted by molar-refractivity contribution is 0.0656. The Kier molecular flexibility index (Phi) is 6.13. The summed E-state index contributed by atoms with van der Waals surface area (Å²) in [6, 6.07) is 7.67. The third-order valence-corrected chi connectivity index (χ3v) is 9.08. The fourth-order valence-corrected chi connectivity index (χ4v) is 6.98. The number of sulfone groups is 1. The molecule has 0 spiro atoms. The molecular weight excluding hydrogens is 469 g/mol. The Morgan fingerprint density at radius 1 is 1.11 bits per heavy atom. The third kappa shape index (κ3) is 4.56. The van der Waals surface area contributed by atoms with Gasteiger partial charge in [-0.05, 0) is 76.7 Å². The van der Waals surface area contributed by atoms with Gasteiger partial charge in [0.2, 0.25) is 0 Å². The first-order valence-corrected chi connectivity index (χ1v) is 13.8. The van der Waals surface area contributed by atoms with Gasteiger partial charge >= 0.3 is 0 Å². The zero-order valence-corrected chi connectivity index (χ0v) is 21.1. The number of aromatic nitrogens is 3. The maximum Gasteiger partial charge on any atom is 0.274 e. The van der Waals surface area contributed by atoms with Crippen molar-refractivity contribution in [3.05, 3.63) is 47.7 Å². The molecule has 186 valence electrons. The van der Waals surface area contributed by atoms with Crippen molar-refractivity contribution in [3.8, 4) is 11.3 Å². The fourth-order valence-electron chi connectivity index (χ4n) is 5.28. The Balaban J connectivity index is 1.64. The Hall–Kier alpha value is -2.85. The van der Waals surface area contributed by atoms with Gasteiger partial charge in [-0.1, -0.05) is 0 Å². The molecule has 5 rings (SSSR count). The number of halogens is 1. The molecule has 2 aliphatic rings. The summed E-state index contributed by atoms with van der Waals surface area (Å²) in [6.07, 6.45) is 2.27. The van der Waals surface area contributed by atoms with Crippen LogP contribution in [0.5, 0.6) is 0 Å². The van der Waals surface area contributed by atoms with Gasteiger partial charge in [0.25, 0.3) is 5.91 Å².